The van der Waals surface area contributed by atoms with Crippen LogP contribution in [0.3, 0.4) is 0 Å². The van der Waals surface area contributed by atoms with Gasteiger partial charge in [-0.15, -0.1) is 0 Å². The van der Waals surface area contributed by atoms with E-state index < -0.39 is 5.91 Å². The van der Waals surface area contributed by atoms with E-state index in [4.69, 9.17) is 5.21 Å². The minimum Gasteiger partial charge on any atom is -0.362 e. The molecule has 2 amide bonds. The zero-order valence-corrected chi connectivity index (χ0v) is 16.8. The number of carbonyl (C=O) groups excluding carboxylic acids is 2. The molecule has 0 aromatic rings. The monoisotopic (exact) mass is 378 g/mol. The van der Waals surface area contributed by atoms with E-state index in [-0.39, 0.29) is 18.0 Å². The van der Waals surface area contributed by atoms with Crippen molar-refractivity contribution in [3.8, 4) is 0 Å². The number of rotatable bonds is 8. The fourth-order valence-electron chi connectivity index (χ4n) is 2.98. The molecule has 1 fully saturated rings. The lowest BCUT2D eigenvalue weighted by Gasteiger charge is -2.22. The maximum absolute atomic E-state index is 12.6. The lowest BCUT2D eigenvalue weighted by molar-refractivity contribution is -0.124. The van der Waals surface area contributed by atoms with Crippen molar-refractivity contribution in [1.29, 1.82) is 0 Å². The summed E-state index contributed by atoms with van der Waals surface area (Å²) in [5.74, 6) is 0.157. The van der Waals surface area contributed by atoms with Gasteiger partial charge in [-0.2, -0.15) is 0 Å². The zero-order chi connectivity index (χ0) is 20.1. The Labute approximate surface area is 162 Å². The lowest BCUT2D eigenvalue weighted by atomic mass is 10.1. The Morgan fingerprint density at radius 3 is 2.37 bits per heavy atom. The summed E-state index contributed by atoms with van der Waals surface area (Å²) in [6, 6.07) is -0.0285. The molecule has 4 N–H and O–H groups in total. The zero-order valence-electron chi connectivity index (χ0n) is 16.8. The summed E-state index contributed by atoms with van der Waals surface area (Å²) >= 11 is 0. The molecular formula is C20H34N4O3. The number of allylic oxidation sites excluding steroid dienone is 2. The summed E-state index contributed by atoms with van der Waals surface area (Å²) in [4.78, 5) is 28.0. The van der Waals surface area contributed by atoms with Crippen LogP contribution in [0.25, 0.3) is 0 Å². The molecule has 1 rings (SSSR count). The van der Waals surface area contributed by atoms with Gasteiger partial charge in [-0.25, -0.2) is 10.5 Å². The van der Waals surface area contributed by atoms with E-state index >= 15 is 0 Å². The molecule has 0 aromatic heterocycles. The van der Waals surface area contributed by atoms with E-state index in [1.807, 2.05) is 13.8 Å². The lowest BCUT2D eigenvalue weighted by Crippen LogP contribution is -2.49. The number of hydrogen-bond donors (Lipinski definition) is 4. The smallest absolute Gasteiger partial charge is 0.267 e. The van der Waals surface area contributed by atoms with Crippen molar-refractivity contribution in [2.75, 3.05) is 0 Å². The van der Waals surface area contributed by atoms with Crippen molar-refractivity contribution < 1.29 is 14.8 Å². The summed E-state index contributed by atoms with van der Waals surface area (Å²) in [5, 5.41) is 14.9. The Morgan fingerprint density at radius 1 is 1.15 bits per heavy atom. The molecule has 0 heterocycles. The fraction of sp³-hybridized carbons (Fsp3) is 0.650. The van der Waals surface area contributed by atoms with Crippen molar-refractivity contribution >= 4 is 17.6 Å². The summed E-state index contributed by atoms with van der Waals surface area (Å²) in [6.07, 6.45) is 12.7. The molecule has 1 aliphatic carbocycles. The number of aliphatic imine (C=N–C) groups is 1. The second-order valence-electron chi connectivity index (χ2n) is 6.91. The first-order chi connectivity index (χ1) is 13.0. The summed E-state index contributed by atoms with van der Waals surface area (Å²) in [7, 11) is 0. The van der Waals surface area contributed by atoms with Gasteiger partial charge in [0.15, 0.2) is 0 Å². The number of nitrogens with zero attached hydrogens (tertiary/aromatic N) is 1. The number of hydrogen-bond acceptors (Lipinski definition) is 4. The molecule has 7 heteroatoms. The Bertz CT molecular complexity index is 562. The van der Waals surface area contributed by atoms with Crippen molar-refractivity contribution in [3.63, 3.8) is 0 Å². The van der Waals surface area contributed by atoms with Gasteiger partial charge < -0.3 is 10.6 Å². The molecule has 0 radical (unpaired) electrons. The van der Waals surface area contributed by atoms with Gasteiger partial charge in [-0.1, -0.05) is 45.6 Å². The third-order valence-electron chi connectivity index (χ3n) is 4.63. The van der Waals surface area contributed by atoms with E-state index in [9.17, 15) is 9.59 Å². The molecule has 7 nitrogen and oxygen atoms in total. The van der Waals surface area contributed by atoms with Crippen LogP contribution in [0.5, 0.6) is 0 Å². The summed E-state index contributed by atoms with van der Waals surface area (Å²) in [6.45, 7) is 5.75. The third kappa shape index (κ3) is 9.38. The average Bonchev–Trinajstić information content (AvgIpc) is 2.94. The third-order valence-corrected chi connectivity index (χ3v) is 4.63. The molecule has 0 bridgehead atoms. The van der Waals surface area contributed by atoms with E-state index in [1.54, 1.807) is 19.2 Å². The summed E-state index contributed by atoms with van der Waals surface area (Å²) < 4.78 is 0. The van der Waals surface area contributed by atoms with Gasteiger partial charge in [0.1, 0.15) is 11.9 Å². The molecule has 1 saturated carbocycles. The van der Waals surface area contributed by atoms with Gasteiger partial charge in [0.2, 0.25) is 5.91 Å². The molecule has 0 aromatic carbocycles. The second kappa shape index (κ2) is 13.1. The minimum atomic E-state index is -0.596. The van der Waals surface area contributed by atoms with Crippen molar-refractivity contribution in [3.05, 3.63) is 23.9 Å². The largest absolute Gasteiger partial charge is 0.362 e. The van der Waals surface area contributed by atoms with Crippen LogP contribution >= 0.6 is 0 Å². The topological polar surface area (TPSA) is 103 Å². The average molecular weight is 379 g/mol. The second-order valence-corrected chi connectivity index (χ2v) is 6.91. The number of amidine groups is 1. The molecular weight excluding hydrogens is 344 g/mol. The molecule has 1 aliphatic rings. The van der Waals surface area contributed by atoms with Gasteiger partial charge in [0, 0.05) is 24.7 Å². The molecule has 1 atom stereocenters. The van der Waals surface area contributed by atoms with E-state index in [2.05, 4.69) is 15.6 Å². The molecule has 27 heavy (non-hydrogen) atoms. The Kier molecular flexibility index (Phi) is 11.1. The summed E-state index contributed by atoms with van der Waals surface area (Å²) in [5.41, 5.74) is 2.29. The Hall–Kier alpha value is -2.15. The van der Waals surface area contributed by atoms with Crippen LogP contribution in [0.1, 0.15) is 72.1 Å². The number of amides is 2. The van der Waals surface area contributed by atoms with Crippen LogP contribution in [0.2, 0.25) is 0 Å². The van der Waals surface area contributed by atoms with Crippen LogP contribution < -0.4 is 16.1 Å². The first kappa shape index (κ1) is 22.9. The first-order valence-corrected chi connectivity index (χ1v) is 9.92. The Morgan fingerprint density at radius 2 is 1.81 bits per heavy atom. The normalized spacial score (nSPS) is 18.1. The van der Waals surface area contributed by atoms with Crippen molar-refractivity contribution in [2.24, 2.45) is 4.99 Å². The van der Waals surface area contributed by atoms with Gasteiger partial charge in [-0.05, 0) is 31.8 Å². The van der Waals surface area contributed by atoms with E-state index in [1.165, 1.54) is 37.2 Å². The highest BCUT2D eigenvalue weighted by atomic mass is 16.5. The highest BCUT2D eigenvalue weighted by Crippen LogP contribution is 2.17. The predicted octanol–water partition coefficient (Wildman–Crippen LogP) is 2.97. The molecule has 0 spiro atoms. The van der Waals surface area contributed by atoms with E-state index in [0.29, 0.717) is 12.8 Å². The highest BCUT2D eigenvalue weighted by Gasteiger charge is 2.21. The molecule has 0 unspecified atom stereocenters. The van der Waals surface area contributed by atoms with Crippen LogP contribution in [0.4, 0.5) is 0 Å². The van der Waals surface area contributed by atoms with Crippen LogP contribution in [-0.2, 0) is 9.59 Å². The van der Waals surface area contributed by atoms with Crippen LogP contribution in [0, 0.1) is 0 Å². The fourth-order valence-corrected chi connectivity index (χ4v) is 2.98. The van der Waals surface area contributed by atoms with Crippen molar-refractivity contribution in [2.45, 2.75) is 84.2 Å². The minimum absolute atomic E-state index is 0.0331. The SMILES string of the molecule is CC\C(=N/C=C(C)/C=C/C(=O)NO)N[C@H](CC)C(=O)NC1CCCCCC1. The molecule has 152 valence electrons. The number of nitrogens with one attached hydrogen (secondary N) is 3. The highest BCUT2D eigenvalue weighted by molar-refractivity contribution is 5.90. The van der Waals surface area contributed by atoms with Gasteiger partial charge in [-0.3, -0.25) is 14.8 Å². The Balaban J connectivity index is 2.66. The number of hydroxylamine groups is 1. The van der Waals surface area contributed by atoms with Crippen molar-refractivity contribution in [1.82, 2.24) is 16.1 Å². The molecule has 0 aliphatic heterocycles. The maximum Gasteiger partial charge on any atom is 0.267 e. The van der Waals surface area contributed by atoms with Gasteiger partial charge >= 0.3 is 0 Å². The quantitative estimate of drug-likeness (QED) is 0.0991. The van der Waals surface area contributed by atoms with Gasteiger partial charge in [0.05, 0.1) is 0 Å². The first-order valence-electron chi connectivity index (χ1n) is 9.92. The molecule has 0 saturated heterocycles. The van der Waals surface area contributed by atoms with Gasteiger partial charge in [0.25, 0.3) is 5.91 Å². The van der Waals surface area contributed by atoms with Crippen LogP contribution in [-0.4, -0.2) is 34.9 Å². The maximum atomic E-state index is 12.6. The predicted molar refractivity (Wildman–Crippen MR) is 107 cm³/mol. The van der Waals surface area contributed by atoms with Crippen LogP contribution in [0.15, 0.2) is 28.9 Å². The standard InChI is InChI=1S/C20H34N4O3/c1-4-17(20(26)22-16-10-8-6-7-9-11-16)23-18(5-2)21-14-15(3)12-13-19(25)24-27/h12-14,16-17,27H,4-11H2,1-3H3,(H,21,23)(H,22,26)(H,24,25)/b13-12+,15-14+/t17-/m1/s1. The van der Waals surface area contributed by atoms with E-state index in [0.717, 1.165) is 24.3 Å². The number of carbonyl (C=O) groups is 2.